The van der Waals surface area contributed by atoms with Gasteiger partial charge in [0.15, 0.2) is 0 Å². The van der Waals surface area contributed by atoms with Crippen LogP contribution in [0.2, 0.25) is 0 Å². The van der Waals surface area contributed by atoms with E-state index in [1.54, 1.807) is 0 Å². The Labute approximate surface area is 81.9 Å². The first kappa shape index (κ1) is 12.8. The highest BCUT2D eigenvalue weighted by Gasteiger charge is 1.89. The highest BCUT2D eigenvalue weighted by molar-refractivity contribution is 7.39. The van der Waals surface area contributed by atoms with Crippen molar-refractivity contribution in [2.75, 3.05) is 0 Å². The van der Waals surface area contributed by atoms with Crippen molar-refractivity contribution in [3.05, 3.63) is 42.9 Å². The average molecular weight is 220 g/mol. The zero-order valence-corrected chi connectivity index (χ0v) is 8.06. The largest absolute Gasteiger partial charge is 0.508 e. The summed E-state index contributed by atoms with van der Waals surface area (Å²) in [6, 6.07) is 5.20. The van der Waals surface area contributed by atoms with E-state index in [2.05, 4.69) is 11.1 Å². The molecule has 0 aliphatic carbocycles. The summed E-state index contributed by atoms with van der Waals surface area (Å²) in [5.74, 6) is -0.449. The molecule has 3 N–H and O–H groups in total. The zero-order valence-electron chi connectivity index (χ0n) is 7.17. The summed E-state index contributed by atoms with van der Waals surface area (Å²) >= 11 is 0. The van der Waals surface area contributed by atoms with Crippen LogP contribution in [0.5, 0.6) is 5.75 Å². The molecule has 78 valence electrons. The molecule has 6 heteroatoms. The molecule has 14 heavy (non-hydrogen) atoms. The number of phenols is 1. The van der Waals surface area contributed by atoms with Crippen LogP contribution >= 0.6 is 8.60 Å². The summed E-state index contributed by atoms with van der Waals surface area (Å²) < 4.78 is 16.0. The lowest BCUT2D eigenvalue weighted by Crippen LogP contribution is -1.68. The van der Waals surface area contributed by atoms with Gasteiger partial charge in [-0.2, -0.15) is 0 Å². The summed E-state index contributed by atoms with van der Waals surface area (Å²) in [4.78, 5) is 15.8. The van der Waals surface area contributed by atoms with E-state index in [1.807, 2.05) is 0 Å². The van der Waals surface area contributed by atoms with Gasteiger partial charge in [0.25, 0.3) is 0 Å². The van der Waals surface area contributed by atoms with Gasteiger partial charge in [0.1, 0.15) is 11.6 Å². The van der Waals surface area contributed by atoms with Crippen LogP contribution in [-0.4, -0.2) is 14.9 Å². The molecule has 0 amide bonds. The van der Waals surface area contributed by atoms with Gasteiger partial charge in [0, 0.05) is 6.07 Å². The lowest BCUT2D eigenvalue weighted by molar-refractivity contribution is 0.343. The van der Waals surface area contributed by atoms with Gasteiger partial charge in [0.2, 0.25) is 0 Å². The molecule has 0 fully saturated rings. The predicted molar refractivity (Wildman–Crippen MR) is 50.7 cm³/mol. The topological polar surface area (TPSA) is 69.9 Å². The standard InChI is InChI=1S/C6H5FO.C2H5O3P/c7-5-2-1-3-6(8)4-5;1-2-5-6(3)4/h1-4,8H;2-4H,1H2. The molecule has 0 atom stereocenters. The Bertz CT molecular complexity index is 263. The van der Waals surface area contributed by atoms with E-state index in [9.17, 15) is 4.39 Å². The van der Waals surface area contributed by atoms with Crippen LogP contribution in [0.25, 0.3) is 0 Å². The van der Waals surface area contributed by atoms with Gasteiger partial charge in [-0.3, -0.25) is 0 Å². The molecular formula is C8H10FO4P. The summed E-state index contributed by atoms with van der Waals surface area (Å²) in [7, 11) is -2.22. The predicted octanol–water partition coefficient (Wildman–Crippen LogP) is 1.89. The van der Waals surface area contributed by atoms with Crippen molar-refractivity contribution in [1.29, 1.82) is 0 Å². The quantitative estimate of drug-likeness (QED) is 0.525. The molecule has 0 saturated heterocycles. The number of benzene rings is 1. The van der Waals surface area contributed by atoms with Crippen molar-refractivity contribution in [2.24, 2.45) is 0 Å². The lowest BCUT2D eigenvalue weighted by atomic mass is 10.3. The molecule has 4 nitrogen and oxygen atoms in total. The van der Waals surface area contributed by atoms with Gasteiger partial charge in [0.05, 0.1) is 6.26 Å². The third-order valence-corrected chi connectivity index (χ3v) is 1.31. The van der Waals surface area contributed by atoms with Crippen LogP contribution in [0.3, 0.4) is 0 Å². The van der Waals surface area contributed by atoms with Crippen LogP contribution < -0.4 is 0 Å². The molecule has 0 saturated carbocycles. The highest BCUT2D eigenvalue weighted by atomic mass is 31.2. The van der Waals surface area contributed by atoms with E-state index in [4.69, 9.17) is 14.9 Å². The van der Waals surface area contributed by atoms with Crippen molar-refractivity contribution in [3.8, 4) is 5.75 Å². The third kappa shape index (κ3) is 7.49. The maximum Gasteiger partial charge on any atom is 0.390 e. The first-order valence-electron chi connectivity index (χ1n) is 3.46. The van der Waals surface area contributed by atoms with Crippen molar-refractivity contribution >= 4 is 8.60 Å². The molecule has 1 aromatic carbocycles. The van der Waals surface area contributed by atoms with Gasteiger partial charge < -0.3 is 19.4 Å². The summed E-state index contributed by atoms with van der Waals surface area (Å²) in [6.45, 7) is 3.07. The Kier molecular flexibility index (Phi) is 6.66. The number of rotatable bonds is 2. The normalized spacial score (nSPS) is 8.86. The van der Waals surface area contributed by atoms with E-state index >= 15 is 0 Å². The summed E-state index contributed by atoms with van der Waals surface area (Å²) in [5, 5.41) is 8.57. The molecule has 0 aliphatic rings. The van der Waals surface area contributed by atoms with Crippen LogP contribution in [0.1, 0.15) is 0 Å². The van der Waals surface area contributed by atoms with Crippen molar-refractivity contribution in [1.82, 2.24) is 0 Å². The fraction of sp³-hybridized carbons (Fsp3) is 0. The van der Waals surface area contributed by atoms with Crippen LogP contribution in [0, 0.1) is 5.82 Å². The highest BCUT2D eigenvalue weighted by Crippen LogP contribution is 2.23. The smallest absolute Gasteiger partial charge is 0.390 e. The van der Waals surface area contributed by atoms with E-state index < -0.39 is 14.4 Å². The second-order valence-electron chi connectivity index (χ2n) is 2.00. The minimum atomic E-state index is -2.22. The molecular weight excluding hydrogens is 210 g/mol. The van der Waals surface area contributed by atoms with E-state index in [0.29, 0.717) is 0 Å². The number of hydrogen-bond acceptors (Lipinski definition) is 4. The van der Waals surface area contributed by atoms with E-state index in [0.717, 1.165) is 12.3 Å². The van der Waals surface area contributed by atoms with Crippen LogP contribution in [0.4, 0.5) is 4.39 Å². The fourth-order valence-corrected chi connectivity index (χ4v) is 0.676. The van der Waals surface area contributed by atoms with Gasteiger partial charge in [-0.05, 0) is 12.1 Å². The average Bonchev–Trinajstić information content (AvgIpc) is 2.03. The van der Waals surface area contributed by atoms with Crippen LogP contribution in [0.15, 0.2) is 37.1 Å². The van der Waals surface area contributed by atoms with E-state index in [1.165, 1.54) is 18.2 Å². The molecule has 1 aromatic rings. The molecule has 0 aromatic heterocycles. The van der Waals surface area contributed by atoms with Crippen molar-refractivity contribution < 1.29 is 23.8 Å². The van der Waals surface area contributed by atoms with Crippen molar-refractivity contribution in [3.63, 3.8) is 0 Å². The molecule has 0 heterocycles. The first-order valence-corrected chi connectivity index (χ1v) is 4.63. The van der Waals surface area contributed by atoms with Crippen molar-refractivity contribution in [2.45, 2.75) is 0 Å². The van der Waals surface area contributed by atoms with Gasteiger partial charge >= 0.3 is 8.60 Å². The summed E-state index contributed by atoms with van der Waals surface area (Å²) in [5.41, 5.74) is 0. The number of hydrogen-bond donors (Lipinski definition) is 3. The zero-order chi connectivity index (χ0) is 11.0. The monoisotopic (exact) mass is 220 g/mol. The van der Waals surface area contributed by atoms with Gasteiger partial charge in [-0.15, -0.1) is 0 Å². The number of phenolic OH excluding ortho intramolecular Hbond substituents is 1. The Morgan fingerprint density at radius 3 is 2.29 bits per heavy atom. The van der Waals surface area contributed by atoms with Gasteiger partial charge in [-0.1, -0.05) is 12.6 Å². The molecule has 0 bridgehead atoms. The Balaban J connectivity index is 0.000000255. The second-order valence-corrected chi connectivity index (χ2v) is 2.72. The number of halogens is 1. The maximum atomic E-state index is 12.0. The SMILES string of the molecule is C=COP(O)O.Oc1cccc(F)c1. The molecule has 1 rings (SSSR count). The summed E-state index contributed by atoms with van der Waals surface area (Å²) in [6.07, 6.45) is 0.978. The minimum Gasteiger partial charge on any atom is -0.508 e. The maximum absolute atomic E-state index is 12.0. The fourth-order valence-electron chi connectivity index (χ4n) is 0.543. The van der Waals surface area contributed by atoms with E-state index in [-0.39, 0.29) is 5.75 Å². The van der Waals surface area contributed by atoms with Crippen LogP contribution in [-0.2, 0) is 4.52 Å². The second kappa shape index (κ2) is 7.26. The number of aromatic hydroxyl groups is 1. The Hall–Kier alpha value is -1.16. The first-order chi connectivity index (χ1) is 6.56. The Morgan fingerprint density at radius 1 is 1.43 bits per heavy atom. The molecule has 0 unspecified atom stereocenters. The lowest BCUT2D eigenvalue weighted by Gasteiger charge is -1.93. The molecule has 0 radical (unpaired) electrons. The minimum absolute atomic E-state index is 0.0370. The molecule has 0 aliphatic heterocycles. The molecule has 0 spiro atoms. The third-order valence-electron chi connectivity index (χ3n) is 0.977. The Morgan fingerprint density at radius 2 is 2.07 bits per heavy atom. The van der Waals surface area contributed by atoms with Gasteiger partial charge in [-0.25, -0.2) is 4.39 Å².